The Kier molecular flexibility index (Phi) is 3.27. The van der Waals surface area contributed by atoms with Gasteiger partial charge in [-0.15, -0.1) is 0 Å². The number of hydrogen-bond donors (Lipinski definition) is 1. The van der Waals surface area contributed by atoms with Crippen LogP contribution in [0.1, 0.15) is 12.5 Å². The van der Waals surface area contributed by atoms with Crippen LogP contribution in [0.4, 0.5) is 5.69 Å². The Morgan fingerprint density at radius 3 is 2.74 bits per heavy atom. The first kappa shape index (κ1) is 12.7. The molecule has 0 aromatic carbocycles. The monoisotopic (exact) mass is 265 g/mol. The Labute approximate surface area is 106 Å². The van der Waals surface area contributed by atoms with E-state index in [1.165, 1.54) is 0 Å². The van der Waals surface area contributed by atoms with Gasteiger partial charge in [0.05, 0.1) is 23.9 Å². The third kappa shape index (κ3) is 2.59. The zero-order valence-corrected chi connectivity index (χ0v) is 10.1. The van der Waals surface area contributed by atoms with Gasteiger partial charge in [0.1, 0.15) is 0 Å². The van der Waals surface area contributed by atoms with Crippen LogP contribution in [0.5, 0.6) is 0 Å². The molecule has 0 unspecified atom stereocenters. The van der Waals surface area contributed by atoms with Gasteiger partial charge in [0.15, 0.2) is 0 Å². The van der Waals surface area contributed by atoms with Gasteiger partial charge in [-0.25, -0.2) is 4.79 Å². The predicted molar refractivity (Wildman–Crippen MR) is 65.0 cm³/mol. The molecule has 0 amide bonds. The smallest absolute Gasteiger partial charge is 0.289 e. The fourth-order valence-corrected chi connectivity index (χ4v) is 1.60. The molecule has 0 atom stereocenters. The average Bonchev–Trinajstić information content (AvgIpc) is 2.80. The van der Waals surface area contributed by atoms with E-state index >= 15 is 0 Å². The molecular weight excluding hydrogens is 254 g/mol. The van der Waals surface area contributed by atoms with E-state index in [9.17, 15) is 19.7 Å². The lowest BCUT2D eigenvalue weighted by Crippen LogP contribution is -2.31. The van der Waals surface area contributed by atoms with E-state index in [0.717, 1.165) is 10.8 Å². The van der Waals surface area contributed by atoms with Crippen LogP contribution in [0.25, 0.3) is 0 Å². The largest absolute Gasteiger partial charge is 0.350 e. The lowest BCUT2D eigenvalue weighted by molar-refractivity contribution is -0.386. The van der Waals surface area contributed by atoms with Crippen molar-refractivity contribution in [3.05, 3.63) is 55.1 Å². The number of aryl methyl sites for hydroxylation is 1. The molecule has 0 bridgehead atoms. The van der Waals surface area contributed by atoms with Crippen LogP contribution in [-0.2, 0) is 13.1 Å². The zero-order chi connectivity index (χ0) is 14.0. The normalized spacial score (nSPS) is 10.6. The standard InChI is InChI=1S/C10H11N5O4/c1-2-14-5-7(3-11-14)4-13-6-8(15(18)19)9(16)12-10(13)17/h3,5-6H,2,4H2,1H3,(H,12,16,17). The van der Waals surface area contributed by atoms with Gasteiger partial charge in [-0.3, -0.25) is 29.1 Å². The maximum absolute atomic E-state index is 11.6. The van der Waals surface area contributed by atoms with E-state index in [2.05, 4.69) is 5.10 Å². The fourth-order valence-electron chi connectivity index (χ4n) is 1.60. The summed E-state index contributed by atoms with van der Waals surface area (Å²) in [5, 5.41) is 14.7. The van der Waals surface area contributed by atoms with Gasteiger partial charge in [-0.05, 0) is 6.92 Å². The SMILES string of the molecule is CCn1cc(Cn2cc([N+](=O)[O-])c(=O)[nH]c2=O)cn1. The highest BCUT2D eigenvalue weighted by molar-refractivity contribution is 5.21. The Morgan fingerprint density at radius 2 is 2.16 bits per heavy atom. The Hall–Kier alpha value is -2.71. The lowest BCUT2D eigenvalue weighted by atomic mass is 10.3. The molecule has 2 aromatic heterocycles. The van der Waals surface area contributed by atoms with E-state index in [4.69, 9.17) is 0 Å². The molecule has 0 aliphatic rings. The first-order valence-electron chi connectivity index (χ1n) is 5.50. The van der Waals surface area contributed by atoms with Gasteiger partial charge in [0.2, 0.25) is 0 Å². The van der Waals surface area contributed by atoms with E-state index in [1.807, 2.05) is 11.9 Å². The van der Waals surface area contributed by atoms with Gasteiger partial charge in [-0.2, -0.15) is 5.10 Å². The second-order valence-electron chi connectivity index (χ2n) is 3.86. The third-order valence-corrected chi connectivity index (χ3v) is 2.55. The third-order valence-electron chi connectivity index (χ3n) is 2.55. The van der Waals surface area contributed by atoms with Crippen molar-refractivity contribution in [3.8, 4) is 0 Å². The summed E-state index contributed by atoms with van der Waals surface area (Å²) >= 11 is 0. The van der Waals surface area contributed by atoms with Crippen LogP contribution in [0, 0.1) is 10.1 Å². The van der Waals surface area contributed by atoms with Crippen molar-refractivity contribution in [2.75, 3.05) is 0 Å². The van der Waals surface area contributed by atoms with Gasteiger partial charge < -0.3 is 0 Å². The fraction of sp³-hybridized carbons (Fsp3) is 0.300. The zero-order valence-electron chi connectivity index (χ0n) is 10.1. The summed E-state index contributed by atoms with van der Waals surface area (Å²) in [4.78, 5) is 34.5. The second kappa shape index (κ2) is 4.88. The Balaban J connectivity index is 2.39. The molecule has 0 saturated heterocycles. The number of nitrogens with one attached hydrogen (secondary N) is 1. The van der Waals surface area contributed by atoms with Crippen molar-refractivity contribution >= 4 is 5.69 Å². The summed E-state index contributed by atoms with van der Waals surface area (Å²) in [5.74, 6) is 0. The lowest BCUT2D eigenvalue weighted by Gasteiger charge is -2.02. The highest BCUT2D eigenvalue weighted by Gasteiger charge is 2.15. The molecule has 0 radical (unpaired) electrons. The van der Waals surface area contributed by atoms with Gasteiger partial charge in [0.25, 0.3) is 0 Å². The summed E-state index contributed by atoms with van der Waals surface area (Å²) in [6.07, 6.45) is 4.22. The molecule has 9 nitrogen and oxygen atoms in total. The molecule has 19 heavy (non-hydrogen) atoms. The molecule has 100 valence electrons. The predicted octanol–water partition coefficient (Wildman–Crippen LogP) is -0.291. The minimum atomic E-state index is -1.00. The number of nitrogens with zero attached hydrogens (tertiary/aromatic N) is 4. The van der Waals surface area contributed by atoms with Crippen molar-refractivity contribution in [2.24, 2.45) is 0 Å². The summed E-state index contributed by atoms with van der Waals surface area (Å²) in [7, 11) is 0. The maximum atomic E-state index is 11.6. The molecule has 1 N–H and O–H groups in total. The Bertz CT molecular complexity index is 726. The number of hydrogen-bond acceptors (Lipinski definition) is 5. The van der Waals surface area contributed by atoms with E-state index in [-0.39, 0.29) is 6.54 Å². The van der Waals surface area contributed by atoms with E-state index < -0.39 is 21.9 Å². The molecule has 9 heteroatoms. The summed E-state index contributed by atoms with van der Waals surface area (Å²) in [5.41, 5.74) is -1.65. The number of aromatic amines is 1. The molecule has 2 aromatic rings. The molecule has 0 aliphatic heterocycles. The molecular formula is C10H11N5O4. The van der Waals surface area contributed by atoms with Crippen LogP contribution >= 0.6 is 0 Å². The van der Waals surface area contributed by atoms with Crippen molar-refractivity contribution in [2.45, 2.75) is 20.0 Å². The first-order chi connectivity index (χ1) is 9.01. The van der Waals surface area contributed by atoms with Crippen molar-refractivity contribution < 1.29 is 4.92 Å². The number of nitro groups is 1. The van der Waals surface area contributed by atoms with Crippen LogP contribution < -0.4 is 11.2 Å². The second-order valence-corrected chi connectivity index (χ2v) is 3.86. The van der Waals surface area contributed by atoms with Gasteiger partial charge >= 0.3 is 16.9 Å². The van der Waals surface area contributed by atoms with Crippen LogP contribution in [0.15, 0.2) is 28.2 Å². The van der Waals surface area contributed by atoms with Crippen molar-refractivity contribution in [3.63, 3.8) is 0 Å². The van der Waals surface area contributed by atoms with Gasteiger partial charge in [-0.1, -0.05) is 0 Å². The van der Waals surface area contributed by atoms with Crippen LogP contribution in [0.3, 0.4) is 0 Å². The molecule has 0 aliphatic carbocycles. The topological polar surface area (TPSA) is 116 Å². The molecule has 2 heterocycles. The first-order valence-corrected chi connectivity index (χ1v) is 5.50. The summed E-state index contributed by atoms with van der Waals surface area (Å²) in [6.45, 7) is 2.70. The van der Waals surface area contributed by atoms with E-state index in [0.29, 0.717) is 12.1 Å². The van der Waals surface area contributed by atoms with Crippen molar-refractivity contribution in [1.82, 2.24) is 19.3 Å². The number of aromatic nitrogens is 4. The molecule has 0 spiro atoms. The molecule has 0 fully saturated rings. The number of H-pyrrole nitrogens is 1. The minimum absolute atomic E-state index is 0.108. The highest BCUT2D eigenvalue weighted by atomic mass is 16.6. The van der Waals surface area contributed by atoms with Crippen LogP contribution in [0.2, 0.25) is 0 Å². The molecule has 2 rings (SSSR count). The van der Waals surface area contributed by atoms with Crippen molar-refractivity contribution in [1.29, 1.82) is 0 Å². The molecule has 0 saturated carbocycles. The number of rotatable bonds is 4. The van der Waals surface area contributed by atoms with Crippen LogP contribution in [-0.4, -0.2) is 24.3 Å². The highest BCUT2D eigenvalue weighted by Crippen LogP contribution is 2.03. The average molecular weight is 265 g/mol. The Morgan fingerprint density at radius 1 is 1.42 bits per heavy atom. The van der Waals surface area contributed by atoms with E-state index in [1.54, 1.807) is 17.1 Å². The minimum Gasteiger partial charge on any atom is -0.289 e. The quantitative estimate of drug-likeness (QED) is 0.602. The maximum Gasteiger partial charge on any atom is 0.350 e. The van der Waals surface area contributed by atoms with Gasteiger partial charge in [0, 0.05) is 18.3 Å². The summed E-state index contributed by atoms with van der Waals surface area (Å²) in [6, 6.07) is 0. The summed E-state index contributed by atoms with van der Waals surface area (Å²) < 4.78 is 2.73.